The Morgan fingerprint density at radius 2 is 1.77 bits per heavy atom. The third-order valence-electron chi connectivity index (χ3n) is 7.24. The van der Waals surface area contributed by atoms with Crippen LogP contribution in [0.3, 0.4) is 0 Å². The normalized spacial score (nSPS) is 18.3. The predicted molar refractivity (Wildman–Crippen MR) is 138 cm³/mol. The quantitative estimate of drug-likeness (QED) is 0.291. The summed E-state index contributed by atoms with van der Waals surface area (Å²) in [7, 11) is 0. The topological polar surface area (TPSA) is 88.1 Å². The molecule has 1 heterocycles. The minimum Gasteiger partial charge on any atom is -0.480 e. The van der Waals surface area contributed by atoms with Gasteiger partial charge in [0.05, 0.1) is 12.7 Å². The summed E-state index contributed by atoms with van der Waals surface area (Å²) in [6.45, 7) is 1.10. The van der Waals surface area contributed by atoms with Gasteiger partial charge in [0.15, 0.2) is 0 Å². The van der Waals surface area contributed by atoms with Crippen LogP contribution >= 0.6 is 11.6 Å². The fourth-order valence-electron chi connectivity index (χ4n) is 5.60. The van der Waals surface area contributed by atoms with E-state index in [1.165, 1.54) is 0 Å². The Labute approximate surface area is 209 Å². The molecule has 7 heteroatoms. The van der Waals surface area contributed by atoms with E-state index in [1.807, 2.05) is 24.3 Å². The third kappa shape index (κ3) is 4.71. The van der Waals surface area contributed by atoms with Crippen molar-refractivity contribution in [2.24, 2.45) is 11.8 Å². The van der Waals surface area contributed by atoms with Crippen LogP contribution in [0, 0.1) is 23.2 Å². The standard InChI is InChI=1S/C28H28ClN3O3/c29-23-8-3-7-22-26(23)20-5-1-2-6-21(20)28-27(22)24(9-4-14-30)32(31-28)15-18-10-12-19(13-11-18)16-35-17-25(33)34/h1-3,5-8,18-19H,4,9-13,15-17H2,(H,33,34)/t18-,19+. The number of hydrogen-bond donors (Lipinski definition) is 1. The molecule has 0 bridgehead atoms. The molecule has 1 aliphatic carbocycles. The Balaban J connectivity index is 1.50. The van der Waals surface area contributed by atoms with E-state index in [2.05, 4.69) is 29.0 Å². The van der Waals surface area contributed by atoms with E-state index in [0.29, 0.717) is 31.3 Å². The summed E-state index contributed by atoms with van der Waals surface area (Å²) >= 11 is 6.70. The lowest BCUT2D eigenvalue weighted by atomic mass is 9.82. The molecule has 0 unspecified atom stereocenters. The van der Waals surface area contributed by atoms with Crippen molar-refractivity contribution in [1.82, 2.24) is 9.78 Å². The molecule has 4 aromatic rings. The molecule has 1 fully saturated rings. The van der Waals surface area contributed by atoms with Crippen LogP contribution in [0.25, 0.3) is 32.4 Å². The van der Waals surface area contributed by atoms with Gasteiger partial charge in [0, 0.05) is 46.3 Å². The van der Waals surface area contributed by atoms with Crippen molar-refractivity contribution in [3.63, 3.8) is 0 Å². The number of rotatable bonds is 8. The molecule has 0 atom stereocenters. The Morgan fingerprint density at radius 3 is 2.51 bits per heavy atom. The van der Waals surface area contributed by atoms with Gasteiger partial charge >= 0.3 is 5.97 Å². The van der Waals surface area contributed by atoms with Crippen molar-refractivity contribution in [2.45, 2.75) is 45.1 Å². The second kappa shape index (κ2) is 10.2. The number of carbonyl (C=O) groups is 1. The Kier molecular flexibility index (Phi) is 6.90. The number of aliphatic carboxylic acids is 1. The van der Waals surface area contributed by atoms with Gasteiger partial charge in [-0.2, -0.15) is 10.4 Å². The van der Waals surface area contributed by atoms with Gasteiger partial charge in [0.25, 0.3) is 0 Å². The first-order chi connectivity index (χ1) is 17.1. The summed E-state index contributed by atoms with van der Waals surface area (Å²) in [5, 5.41) is 29.4. The zero-order chi connectivity index (χ0) is 24.4. The van der Waals surface area contributed by atoms with Gasteiger partial charge in [-0.15, -0.1) is 0 Å². The highest BCUT2D eigenvalue weighted by Gasteiger charge is 2.25. The molecule has 35 heavy (non-hydrogen) atoms. The molecule has 0 saturated heterocycles. The van der Waals surface area contributed by atoms with Gasteiger partial charge in [0.2, 0.25) is 0 Å². The first kappa shape index (κ1) is 23.6. The van der Waals surface area contributed by atoms with Crippen molar-refractivity contribution in [3.05, 3.63) is 53.2 Å². The fraction of sp³-hybridized carbons (Fsp3) is 0.393. The van der Waals surface area contributed by atoms with E-state index in [9.17, 15) is 10.1 Å². The number of ether oxygens (including phenoxy) is 1. The summed E-state index contributed by atoms with van der Waals surface area (Å²) in [4.78, 5) is 10.7. The van der Waals surface area contributed by atoms with Crippen molar-refractivity contribution in [3.8, 4) is 6.07 Å². The number of carboxylic acid groups (broad SMARTS) is 1. The summed E-state index contributed by atoms with van der Waals surface area (Å²) < 4.78 is 7.46. The summed E-state index contributed by atoms with van der Waals surface area (Å²) in [6.07, 6.45) is 5.25. The first-order valence-electron chi connectivity index (χ1n) is 12.2. The molecule has 1 saturated carbocycles. The van der Waals surface area contributed by atoms with Crippen molar-refractivity contribution in [1.29, 1.82) is 5.26 Å². The molecule has 0 amide bonds. The number of aryl methyl sites for hydroxylation is 1. The van der Waals surface area contributed by atoms with Crippen LogP contribution in [0.15, 0.2) is 42.5 Å². The average molecular weight is 490 g/mol. The molecule has 3 aromatic carbocycles. The van der Waals surface area contributed by atoms with Gasteiger partial charge in [-0.05, 0) is 54.4 Å². The maximum atomic E-state index is 10.7. The van der Waals surface area contributed by atoms with Gasteiger partial charge in [-0.1, -0.05) is 48.0 Å². The fourth-order valence-corrected chi connectivity index (χ4v) is 5.88. The maximum absolute atomic E-state index is 10.7. The van der Waals surface area contributed by atoms with E-state index in [-0.39, 0.29) is 6.61 Å². The van der Waals surface area contributed by atoms with Gasteiger partial charge in [-0.3, -0.25) is 4.68 Å². The lowest BCUT2D eigenvalue weighted by Gasteiger charge is -2.28. The minimum atomic E-state index is -0.921. The van der Waals surface area contributed by atoms with E-state index in [4.69, 9.17) is 26.5 Å². The van der Waals surface area contributed by atoms with Crippen molar-refractivity contribution < 1.29 is 14.6 Å². The SMILES string of the molecule is N#CCCc1c2c3cccc(Cl)c3c3ccccc3c2nn1C[C@H]1CC[C@@H](COCC(=O)O)CC1. The Morgan fingerprint density at radius 1 is 1.06 bits per heavy atom. The molecule has 180 valence electrons. The smallest absolute Gasteiger partial charge is 0.329 e. The number of benzene rings is 3. The van der Waals surface area contributed by atoms with Crippen molar-refractivity contribution in [2.75, 3.05) is 13.2 Å². The molecule has 1 aromatic heterocycles. The second-order valence-corrected chi connectivity index (χ2v) is 9.92. The first-order valence-corrected chi connectivity index (χ1v) is 12.6. The van der Waals surface area contributed by atoms with Crippen LogP contribution in [-0.2, 0) is 22.5 Å². The lowest BCUT2D eigenvalue weighted by molar-refractivity contribution is -0.142. The van der Waals surface area contributed by atoms with Crippen LogP contribution in [0.4, 0.5) is 0 Å². The van der Waals surface area contributed by atoms with Crippen LogP contribution in [0.5, 0.6) is 0 Å². The molecule has 1 N–H and O–H groups in total. The van der Waals surface area contributed by atoms with E-state index in [1.54, 1.807) is 0 Å². The predicted octanol–water partition coefficient (Wildman–Crippen LogP) is 6.36. The van der Waals surface area contributed by atoms with Gasteiger partial charge in [-0.25, -0.2) is 4.79 Å². The molecular weight excluding hydrogens is 462 g/mol. The number of aromatic nitrogens is 2. The molecule has 5 rings (SSSR count). The summed E-state index contributed by atoms with van der Waals surface area (Å²) in [5.74, 6) is -0.0203. The highest BCUT2D eigenvalue weighted by molar-refractivity contribution is 6.40. The van der Waals surface area contributed by atoms with Gasteiger partial charge in [0.1, 0.15) is 12.1 Å². The highest BCUT2D eigenvalue weighted by Crippen LogP contribution is 2.40. The van der Waals surface area contributed by atoms with Gasteiger partial charge < -0.3 is 9.84 Å². The third-order valence-corrected chi connectivity index (χ3v) is 7.56. The monoisotopic (exact) mass is 489 g/mol. The number of nitriles is 1. The van der Waals surface area contributed by atoms with Crippen LogP contribution in [0.1, 0.15) is 37.8 Å². The summed E-state index contributed by atoms with van der Waals surface area (Å²) in [5.41, 5.74) is 2.07. The number of fused-ring (bicyclic) bond motifs is 6. The Bertz CT molecular complexity index is 1430. The van der Waals surface area contributed by atoms with Crippen LogP contribution in [0.2, 0.25) is 5.02 Å². The maximum Gasteiger partial charge on any atom is 0.329 e. The number of hydrogen-bond acceptors (Lipinski definition) is 4. The van der Waals surface area contributed by atoms with Crippen molar-refractivity contribution >= 4 is 50.0 Å². The molecule has 1 aliphatic rings. The zero-order valence-electron chi connectivity index (χ0n) is 19.5. The lowest BCUT2D eigenvalue weighted by Crippen LogP contribution is -2.23. The molecule has 0 radical (unpaired) electrons. The largest absolute Gasteiger partial charge is 0.480 e. The highest BCUT2D eigenvalue weighted by atomic mass is 35.5. The second-order valence-electron chi connectivity index (χ2n) is 9.51. The molecular formula is C28H28ClN3O3. The van der Waals surface area contributed by atoms with Crippen LogP contribution < -0.4 is 0 Å². The van der Waals surface area contributed by atoms with Crippen LogP contribution in [-0.4, -0.2) is 34.1 Å². The summed E-state index contributed by atoms with van der Waals surface area (Å²) in [6, 6.07) is 16.6. The average Bonchev–Trinajstić information content (AvgIpc) is 3.22. The van der Waals surface area contributed by atoms with E-state index >= 15 is 0 Å². The van der Waals surface area contributed by atoms with E-state index < -0.39 is 5.97 Å². The zero-order valence-corrected chi connectivity index (χ0v) is 20.3. The number of halogens is 1. The molecule has 6 nitrogen and oxygen atoms in total. The molecule has 0 aliphatic heterocycles. The Hall–Kier alpha value is -3.14. The number of carboxylic acids is 1. The molecule has 0 spiro atoms. The number of nitrogens with zero attached hydrogens (tertiary/aromatic N) is 3. The van der Waals surface area contributed by atoms with E-state index in [0.717, 1.165) is 75.4 Å². The minimum absolute atomic E-state index is 0.228.